The molecule has 0 spiro atoms. The van der Waals surface area contributed by atoms with E-state index in [4.69, 9.17) is 14.1 Å². The Morgan fingerprint density at radius 2 is 1.93 bits per heavy atom. The van der Waals surface area contributed by atoms with Crippen molar-refractivity contribution in [3.8, 4) is 0 Å². The second-order valence-corrected chi connectivity index (χ2v) is 7.73. The van der Waals surface area contributed by atoms with Gasteiger partial charge >= 0.3 is 0 Å². The van der Waals surface area contributed by atoms with E-state index in [1.807, 2.05) is 17.0 Å². The number of carbonyl (C=O) groups excluding carboxylic acids is 1. The Balaban J connectivity index is 1.48. The molecule has 0 radical (unpaired) electrons. The van der Waals surface area contributed by atoms with Gasteiger partial charge in [0, 0.05) is 45.2 Å². The highest BCUT2D eigenvalue weighted by molar-refractivity contribution is 5.80. The van der Waals surface area contributed by atoms with Gasteiger partial charge < -0.3 is 24.7 Å². The zero-order valence-electron chi connectivity index (χ0n) is 17.0. The SMILES string of the molecule is COCCC(=O)N1CCC(NC(=NCCc2ccco2)NC2CCCC2)CC1. The Hall–Kier alpha value is -2.02. The number of hydrogen-bond acceptors (Lipinski definition) is 4. The van der Waals surface area contributed by atoms with Crippen LogP contribution in [0.4, 0.5) is 0 Å². The number of carbonyl (C=O) groups is 1. The summed E-state index contributed by atoms with van der Waals surface area (Å²) in [7, 11) is 1.63. The zero-order chi connectivity index (χ0) is 19.6. The molecular weight excluding hydrogens is 356 g/mol. The van der Waals surface area contributed by atoms with Crippen LogP contribution in [-0.2, 0) is 16.0 Å². The van der Waals surface area contributed by atoms with E-state index in [0.717, 1.165) is 44.1 Å². The number of amides is 1. The quantitative estimate of drug-likeness (QED) is 0.526. The Morgan fingerprint density at radius 3 is 2.57 bits per heavy atom. The van der Waals surface area contributed by atoms with Gasteiger partial charge in [-0.1, -0.05) is 12.8 Å². The zero-order valence-corrected chi connectivity index (χ0v) is 17.0. The van der Waals surface area contributed by atoms with E-state index < -0.39 is 0 Å². The number of hydrogen-bond donors (Lipinski definition) is 2. The third kappa shape index (κ3) is 6.55. The van der Waals surface area contributed by atoms with Crippen molar-refractivity contribution in [3.63, 3.8) is 0 Å². The van der Waals surface area contributed by atoms with Gasteiger partial charge in [-0.05, 0) is 37.8 Å². The number of nitrogens with one attached hydrogen (secondary N) is 2. The summed E-state index contributed by atoms with van der Waals surface area (Å²) in [4.78, 5) is 18.9. The van der Waals surface area contributed by atoms with E-state index in [9.17, 15) is 4.79 Å². The minimum absolute atomic E-state index is 0.191. The van der Waals surface area contributed by atoms with Crippen LogP contribution in [0.3, 0.4) is 0 Å². The summed E-state index contributed by atoms with van der Waals surface area (Å²) in [5, 5.41) is 7.23. The summed E-state index contributed by atoms with van der Waals surface area (Å²) in [6.07, 6.45) is 9.88. The molecule has 1 saturated heterocycles. The van der Waals surface area contributed by atoms with Crippen molar-refractivity contribution in [2.24, 2.45) is 4.99 Å². The molecule has 0 aromatic carbocycles. The first-order valence-electron chi connectivity index (χ1n) is 10.6. The van der Waals surface area contributed by atoms with Crippen molar-refractivity contribution >= 4 is 11.9 Å². The Kier molecular flexibility index (Phi) is 8.21. The summed E-state index contributed by atoms with van der Waals surface area (Å²) in [6, 6.07) is 4.77. The minimum Gasteiger partial charge on any atom is -0.469 e. The van der Waals surface area contributed by atoms with E-state index in [1.54, 1.807) is 13.4 Å². The Morgan fingerprint density at radius 1 is 1.21 bits per heavy atom. The molecule has 2 aliphatic rings. The van der Waals surface area contributed by atoms with Crippen molar-refractivity contribution in [2.75, 3.05) is 33.4 Å². The molecule has 1 saturated carbocycles. The number of furan rings is 1. The van der Waals surface area contributed by atoms with Gasteiger partial charge in [0.1, 0.15) is 5.76 Å². The molecule has 156 valence electrons. The normalized spacial score (nSPS) is 19.2. The first kappa shape index (κ1) is 20.7. The molecule has 0 atom stereocenters. The number of rotatable bonds is 8. The maximum atomic E-state index is 12.2. The van der Waals surface area contributed by atoms with E-state index >= 15 is 0 Å². The van der Waals surface area contributed by atoms with Crippen molar-refractivity contribution < 1.29 is 13.9 Å². The summed E-state index contributed by atoms with van der Waals surface area (Å²) < 4.78 is 10.4. The lowest BCUT2D eigenvalue weighted by Gasteiger charge is -2.33. The van der Waals surface area contributed by atoms with Gasteiger partial charge in [-0.2, -0.15) is 0 Å². The number of ether oxygens (including phenoxy) is 1. The molecule has 7 heteroatoms. The Bertz CT molecular complexity index is 603. The van der Waals surface area contributed by atoms with Crippen LogP contribution in [0.15, 0.2) is 27.8 Å². The first-order valence-corrected chi connectivity index (χ1v) is 10.6. The van der Waals surface area contributed by atoms with Crippen molar-refractivity contribution in [3.05, 3.63) is 24.2 Å². The predicted octanol–water partition coefficient (Wildman–Crippen LogP) is 2.33. The van der Waals surface area contributed by atoms with Crippen LogP contribution in [0.25, 0.3) is 0 Å². The third-order valence-corrected chi connectivity index (χ3v) is 5.61. The number of aliphatic imine (C=N–C) groups is 1. The summed E-state index contributed by atoms with van der Waals surface area (Å²) >= 11 is 0. The molecule has 7 nitrogen and oxygen atoms in total. The van der Waals surface area contributed by atoms with E-state index in [-0.39, 0.29) is 5.91 Å². The fourth-order valence-corrected chi connectivity index (χ4v) is 3.94. The van der Waals surface area contributed by atoms with Crippen LogP contribution < -0.4 is 10.6 Å². The predicted molar refractivity (Wildman–Crippen MR) is 109 cm³/mol. The minimum atomic E-state index is 0.191. The number of methoxy groups -OCH3 is 1. The lowest BCUT2D eigenvalue weighted by molar-refractivity contribution is -0.133. The summed E-state index contributed by atoms with van der Waals surface area (Å²) in [5.74, 6) is 2.06. The van der Waals surface area contributed by atoms with Crippen LogP contribution in [0.1, 0.15) is 50.7 Å². The Labute approximate surface area is 167 Å². The monoisotopic (exact) mass is 390 g/mol. The number of likely N-dealkylation sites (tertiary alicyclic amines) is 1. The topological polar surface area (TPSA) is 79.1 Å². The van der Waals surface area contributed by atoms with Gasteiger partial charge in [-0.15, -0.1) is 0 Å². The third-order valence-electron chi connectivity index (χ3n) is 5.61. The van der Waals surface area contributed by atoms with Crippen molar-refractivity contribution in [1.29, 1.82) is 0 Å². The van der Waals surface area contributed by atoms with Gasteiger partial charge in [0.25, 0.3) is 0 Å². The molecule has 1 aliphatic carbocycles. The number of guanidine groups is 1. The average molecular weight is 391 g/mol. The number of nitrogens with zero attached hydrogens (tertiary/aromatic N) is 2. The average Bonchev–Trinajstić information content (AvgIpc) is 3.41. The highest BCUT2D eigenvalue weighted by Crippen LogP contribution is 2.18. The maximum Gasteiger partial charge on any atom is 0.224 e. The van der Waals surface area contributed by atoms with Crippen LogP contribution in [0, 0.1) is 0 Å². The number of piperidine rings is 1. The fourth-order valence-electron chi connectivity index (χ4n) is 3.94. The standard InChI is InChI=1S/C21H34N4O3/c1-27-16-11-20(26)25-13-9-18(10-14-25)24-21(23-17-5-2-3-6-17)22-12-8-19-7-4-15-28-19/h4,7,15,17-18H,2-3,5-6,8-14,16H2,1H3,(H2,22,23,24). The van der Waals surface area contributed by atoms with Crippen LogP contribution in [0.2, 0.25) is 0 Å². The first-order chi connectivity index (χ1) is 13.7. The van der Waals surface area contributed by atoms with Gasteiger partial charge in [-0.3, -0.25) is 9.79 Å². The molecule has 1 aliphatic heterocycles. The molecule has 0 bridgehead atoms. The molecule has 2 fully saturated rings. The van der Waals surface area contributed by atoms with E-state index in [2.05, 4.69) is 10.6 Å². The largest absolute Gasteiger partial charge is 0.469 e. The molecule has 2 heterocycles. The molecule has 3 rings (SSSR count). The van der Waals surface area contributed by atoms with E-state index in [1.165, 1.54) is 25.7 Å². The molecule has 1 aromatic heterocycles. The van der Waals surface area contributed by atoms with Crippen LogP contribution in [0.5, 0.6) is 0 Å². The van der Waals surface area contributed by atoms with Crippen LogP contribution in [-0.4, -0.2) is 62.2 Å². The van der Waals surface area contributed by atoms with Gasteiger partial charge in [0.2, 0.25) is 5.91 Å². The molecule has 1 amide bonds. The van der Waals surface area contributed by atoms with Crippen molar-refractivity contribution in [2.45, 2.75) is 63.5 Å². The molecule has 2 N–H and O–H groups in total. The van der Waals surface area contributed by atoms with Gasteiger partial charge in [0.05, 0.1) is 19.3 Å². The maximum absolute atomic E-state index is 12.2. The second-order valence-electron chi connectivity index (χ2n) is 7.73. The van der Waals surface area contributed by atoms with Crippen molar-refractivity contribution in [1.82, 2.24) is 15.5 Å². The lowest BCUT2D eigenvalue weighted by Crippen LogP contribution is -2.51. The second kappa shape index (κ2) is 11.1. The van der Waals surface area contributed by atoms with E-state index in [0.29, 0.717) is 31.7 Å². The highest BCUT2D eigenvalue weighted by atomic mass is 16.5. The molecular formula is C21H34N4O3. The van der Waals surface area contributed by atoms with Gasteiger partial charge in [0.15, 0.2) is 5.96 Å². The smallest absolute Gasteiger partial charge is 0.224 e. The lowest BCUT2D eigenvalue weighted by atomic mass is 10.0. The summed E-state index contributed by atoms with van der Waals surface area (Å²) in [6.45, 7) is 2.78. The molecule has 28 heavy (non-hydrogen) atoms. The molecule has 0 unspecified atom stereocenters. The summed E-state index contributed by atoms with van der Waals surface area (Å²) in [5.41, 5.74) is 0. The fraction of sp³-hybridized carbons (Fsp3) is 0.714. The van der Waals surface area contributed by atoms with Gasteiger partial charge in [-0.25, -0.2) is 0 Å². The molecule has 1 aromatic rings. The highest BCUT2D eigenvalue weighted by Gasteiger charge is 2.24. The van der Waals surface area contributed by atoms with Crippen LogP contribution >= 0.6 is 0 Å².